The van der Waals surface area contributed by atoms with Crippen LogP contribution in [0.1, 0.15) is 26.3 Å². The van der Waals surface area contributed by atoms with Gasteiger partial charge >= 0.3 is 5.51 Å². The van der Waals surface area contributed by atoms with Gasteiger partial charge in [0.15, 0.2) is 23.2 Å². The average molecular weight is 574 g/mol. The Hall–Kier alpha value is -4.04. The molecule has 4 aromatic rings. The monoisotopic (exact) mass is 573 g/mol. The molecule has 0 atom stereocenters. The van der Waals surface area contributed by atoms with Gasteiger partial charge in [0.25, 0.3) is 15.7 Å². The Bertz CT molecular complexity index is 1750. The molecular formula is C23H10ClF6N3O4S. The number of hydrogen-bond donors (Lipinski definition) is 1. The third kappa shape index (κ3) is 4.79. The molecule has 4 rings (SSSR count). The number of fused-ring (bicyclic) bond motifs is 1. The Morgan fingerprint density at radius 3 is 2.13 bits per heavy atom. The van der Waals surface area contributed by atoms with Crippen LogP contribution >= 0.6 is 11.6 Å². The van der Waals surface area contributed by atoms with E-state index in [-0.39, 0.29) is 23.2 Å². The predicted molar refractivity (Wildman–Crippen MR) is 122 cm³/mol. The topological polar surface area (TPSA) is 106 Å². The van der Waals surface area contributed by atoms with Crippen LogP contribution in [0.3, 0.4) is 0 Å². The number of hydrogen-bond acceptors (Lipinski definition) is 6. The molecule has 3 aromatic carbocycles. The van der Waals surface area contributed by atoms with Crippen LogP contribution in [-0.2, 0) is 9.84 Å². The molecule has 1 N–H and O–H groups in total. The molecule has 38 heavy (non-hydrogen) atoms. The molecule has 0 saturated heterocycles. The third-order valence-corrected chi connectivity index (χ3v) is 7.12. The standard InChI is InChI=1S/C23H10ClF6N3O4S/c24-12-3-1-11(8-17(12)38(36,37)23(28,29)30)22(35)33-16-9-13(25)19(26)18(20(16)27)21(34)10-2-4-14-15(7-10)32-6-5-31-14/h1-9H,(H,33,35). The van der Waals surface area contributed by atoms with Crippen molar-refractivity contribution in [2.75, 3.05) is 5.32 Å². The lowest BCUT2D eigenvalue weighted by Gasteiger charge is -2.13. The summed E-state index contributed by atoms with van der Waals surface area (Å²) in [5.41, 5.74) is -8.67. The number of alkyl halides is 3. The molecule has 15 heteroatoms. The maximum absolute atomic E-state index is 15.2. The molecule has 0 bridgehead atoms. The van der Waals surface area contributed by atoms with Crippen molar-refractivity contribution in [3.8, 4) is 0 Å². The summed E-state index contributed by atoms with van der Waals surface area (Å²) in [7, 11) is -5.97. The van der Waals surface area contributed by atoms with E-state index < -0.39 is 71.2 Å². The highest BCUT2D eigenvalue weighted by atomic mass is 35.5. The van der Waals surface area contributed by atoms with Crippen molar-refractivity contribution in [2.24, 2.45) is 0 Å². The van der Waals surface area contributed by atoms with Gasteiger partial charge in [-0.3, -0.25) is 19.6 Å². The van der Waals surface area contributed by atoms with E-state index in [4.69, 9.17) is 11.6 Å². The van der Waals surface area contributed by atoms with E-state index in [1.54, 1.807) is 5.32 Å². The number of amides is 1. The van der Waals surface area contributed by atoms with E-state index >= 15 is 4.39 Å². The van der Waals surface area contributed by atoms with Gasteiger partial charge in [-0.05, 0) is 36.4 Å². The van der Waals surface area contributed by atoms with Crippen LogP contribution in [-0.4, -0.2) is 35.6 Å². The predicted octanol–water partition coefficient (Wildman–Crippen LogP) is 5.48. The molecule has 7 nitrogen and oxygen atoms in total. The second-order valence-electron chi connectivity index (χ2n) is 7.55. The number of nitrogens with one attached hydrogen (secondary N) is 1. The minimum atomic E-state index is -5.97. The number of rotatable bonds is 5. The molecule has 1 heterocycles. The summed E-state index contributed by atoms with van der Waals surface area (Å²) in [4.78, 5) is 32.0. The lowest BCUT2D eigenvalue weighted by Crippen LogP contribution is -2.24. The highest BCUT2D eigenvalue weighted by Crippen LogP contribution is 2.35. The normalized spacial score (nSPS) is 12.0. The summed E-state index contributed by atoms with van der Waals surface area (Å²) in [6.45, 7) is 0. The van der Waals surface area contributed by atoms with Crippen molar-refractivity contribution >= 4 is 49.8 Å². The fourth-order valence-electron chi connectivity index (χ4n) is 3.31. The lowest BCUT2D eigenvalue weighted by atomic mass is 10.0. The quantitative estimate of drug-likeness (QED) is 0.193. The summed E-state index contributed by atoms with van der Waals surface area (Å²) >= 11 is 5.56. The van der Waals surface area contributed by atoms with Gasteiger partial charge < -0.3 is 5.32 Å². The van der Waals surface area contributed by atoms with Crippen molar-refractivity contribution < 1.29 is 44.3 Å². The van der Waals surface area contributed by atoms with E-state index in [9.17, 15) is 40.0 Å². The second-order valence-corrected chi connectivity index (χ2v) is 9.86. The van der Waals surface area contributed by atoms with E-state index in [1.807, 2.05) is 0 Å². The zero-order valence-electron chi connectivity index (χ0n) is 18.3. The zero-order chi connectivity index (χ0) is 28.0. The van der Waals surface area contributed by atoms with Crippen molar-refractivity contribution in [1.82, 2.24) is 9.97 Å². The molecule has 0 aliphatic carbocycles. The number of benzene rings is 3. The first-order valence-electron chi connectivity index (χ1n) is 10.1. The van der Waals surface area contributed by atoms with Crippen molar-refractivity contribution in [3.05, 3.63) is 94.0 Å². The highest BCUT2D eigenvalue weighted by Gasteiger charge is 2.48. The SMILES string of the molecule is O=C(Nc1cc(F)c(F)c(C(=O)c2ccc3nccnc3c2)c1F)c1ccc(Cl)c(S(=O)(=O)C(F)(F)F)c1. The first-order valence-corrected chi connectivity index (χ1v) is 11.9. The van der Waals surface area contributed by atoms with Crippen LogP contribution in [0.2, 0.25) is 5.02 Å². The molecule has 0 unspecified atom stereocenters. The number of carbonyl (C=O) groups is 2. The number of sulfone groups is 1. The smallest absolute Gasteiger partial charge is 0.319 e. The van der Waals surface area contributed by atoms with Gasteiger partial charge in [-0.15, -0.1) is 0 Å². The van der Waals surface area contributed by atoms with Gasteiger partial charge in [0, 0.05) is 29.6 Å². The van der Waals surface area contributed by atoms with E-state index in [0.29, 0.717) is 11.6 Å². The lowest BCUT2D eigenvalue weighted by molar-refractivity contribution is -0.0436. The van der Waals surface area contributed by atoms with E-state index in [0.717, 1.165) is 18.2 Å². The molecule has 0 fully saturated rings. The molecule has 0 saturated carbocycles. The maximum atomic E-state index is 15.2. The van der Waals surface area contributed by atoms with Gasteiger partial charge in [-0.25, -0.2) is 21.6 Å². The molecule has 0 aliphatic heterocycles. The number of anilines is 1. The third-order valence-electron chi connectivity index (χ3n) is 5.15. The minimum absolute atomic E-state index is 0.191. The molecular weight excluding hydrogens is 564 g/mol. The maximum Gasteiger partial charge on any atom is 0.501 e. The van der Waals surface area contributed by atoms with Crippen LogP contribution < -0.4 is 5.32 Å². The van der Waals surface area contributed by atoms with Crippen LogP contribution in [0.5, 0.6) is 0 Å². The van der Waals surface area contributed by atoms with Crippen molar-refractivity contribution in [2.45, 2.75) is 10.4 Å². The van der Waals surface area contributed by atoms with Gasteiger partial charge in [-0.1, -0.05) is 11.6 Å². The number of ketones is 1. The number of halogens is 7. The second kappa shape index (κ2) is 9.68. The highest BCUT2D eigenvalue weighted by molar-refractivity contribution is 7.92. The van der Waals surface area contributed by atoms with Crippen LogP contribution in [0.4, 0.5) is 32.0 Å². The van der Waals surface area contributed by atoms with Crippen LogP contribution in [0.25, 0.3) is 11.0 Å². The summed E-state index contributed by atoms with van der Waals surface area (Å²) < 4.78 is 106. The summed E-state index contributed by atoms with van der Waals surface area (Å²) in [5.74, 6) is -8.02. The summed E-state index contributed by atoms with van der Waals surface area (Å²) in [6.07, 6.45) is 2.67. The fraction of sp³-hybridized carbons (Fsp3) is 0.0435. The van der Waals surface area contributed by atoms with Crippen molar-refractivity contribution in [3.63, 3.8) is 0 Å². The Balaban J connectivity index is 1.73. The van der Waals surface area contributed by atoms with Gasteiger partial charge in [0.05, 0.1) is 32.2 Å². The largest absolute Gasteiger partial charge is 0.501 e. The molecule has 0 aliphatic rings. The van der Waals surface area contributed by atoms with Gasteiger partial charge in [0.1, 0.15) is 0 Å². The fourth-order valence-corrected chi connectivity index (χ4v) is 4.59. The Morgan fingerprint density at radius 1 is 0.842 bits per heavy atom. The van der Waals surface area contributed by atoms with Gasteiger partial charge in [-0.2, -0.15) is 13.2 Å². The average Bonchev–Trinajstić information content (AvgIpc) is 2.86. The summed E-state index contributed by atoms with van der Waals surface area (Å²) in [5, 5.41) is 0.938. The summed E-state index contributed by atoms with van der Waals surface area (Å²) in [6, 6.07) is 5.62. The minimum Gasteiger partial charge on any atom is -0.319 e. The Labute approximate surface area is 214 Å². The molecule has 0 radical (unpaired) electrons. The van der Waals surface area contributed by atoms with Crippen LogP contribution in [0, 0.1) is 17.5 Å². The number of nitrogens with zero attached hydrogens (tertiary/aromatic N) is 2. The van der Waals surface area contributed by atoms with E-state index in [1.165, 1.54) is 18.5 Å². The Morgan fingerprint density at radius 2 is 1.47 bits per heavy atom. The Kier molecular flexibility index (Phi) is 6.88. The molecule has 1 aromatic heterocycles. The first kappa shape index (κ1) is 27.0. The molecule has 0 spiro atoms. The molecule has 196 valence electrons. The van der Waals surface area contributed by atoms with Crippen LogP contribution in [0.15, 0.2) is 59.8 Å². The van der Waals surface area contributed by atoms with Crippen molar-refractivity contribution in [1.29, 1.82) is 0 Å². The number of aromatic nitrogens is 2. The molecule has 1 amide bonds. The zero-order valence-corrected chi connectivity index (χ0v) is 19.8. The number of carbonyl (C=O) groups excluding carboxylic acids is 2. The van der Waals surface area contributed by atoms with Gasteiger partial charge in [0.2, 0.25) is 0 Å². The van der Waals surface area contributed by atoms with E-state index in [2.05, 4.69) is 9.97 Å². The first-order chi connectivity index (χ1) is 17.7.